The molecule has 1 unspecified atom stereocenters. The third kappa shape index (κ3) is 14.5. The fourth-order valence-electron chi connectivity index (χ4n) is 2.37. The van der Waals surface area contributed by atoms with E-state index in [0.29, 0.717) is 10.7 Å². The molecule has 24 heavy (non-hydrogen) atoms. The second kappa shape index (κ2) is 18.0. The summed E-state index contributed by atoms with van der Waals surface area (Å²) in [5.41, 5.74) is 0.484. The van der Waals surface area contributed by atoms with E-state index in [9.17, 15) is 4.79 Å². The lowest BCUT2D eigenvalue weighted by Crippen LogP contribution is -2.28. The molecule has 0 saturated carbocycles. The van der Waals surface area contributed by atoms with Crippen molar-refractivity contribution in [3.05, 3.63) is 0 Å². The molecular formula is C19H39O3SSi. The third-order valence-corrected chi connectivity index (χ3v) is 6.92. The van der Waals surface area contributed by atoms with Crippen molar-refractivity contribution < 1.29 is 13.6 Å². The van der Waals surface area contributed by atoms with Gasteiger partial charge in [-0.15, -0.1) is 0 Å². The van der Waals surface area contributed by atoms with Crippen LogP contribution in [-0.4, -0.2) is 33.4 Å². The molecular weight excluding hydrogens is 336 g/mol. The zero-order valence-corrected chi connectivity index (χ0v) is 18.2. The standard InChI is InChI=1S/C19H39O3SSi/c1-5-8-9-10-11-14-19(20)23-17-12-13-18(4)24(21-15-6-2)22-16-7-3/h18H,5-17H2,1-4H3. The van der Waals surface area contributed by atoms with Crippen LogP contribution in [0.1, 0.15) is 91.9 Å². The van der Waals surface area contributed by atoms with Crippen molar-refractivity contribution in [1.29, 1.82) is 0 Å². The van der Waals surface area contributed by atoms with Crippen molar-refractivity contribution in [2.45, 2.75) is 97.4 Å². The van der Waals surface area contributed by atoms with Gasteiger partial charge in [0.15, 0.2) is 5.12 Å². The highest BCUT2D eigenvalue weighted by Gasteiger charge is 2.23. The van der Waals surface area contributed by atoms with Crippen LogP contribution in [0, 0.1) is 0 Å². The first kappa shape index (κ1) is 24.2. The molecule has 0 amide bonds. The van der Waals surface area contributed by atoms with E-state index in [-0.39, 0.29) is 0 Å². The molecule has 0 heterocycles. The molecule has 0 bridgehead atoms. The summed E-state index contributed by atoms with van der Waals surface area (Å²) in [5, 5.41) is 0.370. The number of rotatable bonds is 17. The van der Waals surface area contributed by atoms with E-state index in [1.807, 2.05) is 0 Å². The first-order valence-electron chi connectivity index (χ1n) is 9.93. The zero-order chi connectivity index (χ0) is 18.0. The SMILES string of the molecule is CCCCCCCC(=O)SCCCC(C)[Si](OCCC)OCCC. The van der Waals surface area contributed by atoms with E-state index in [1.54, 1.807) is 0 Å². The summed E-state index contributed by atoms with van der Waals surface area (Å²) >= 11 is 1.52. The number of hydrogen-bond donors (Lipinski definition) is 0. The predicted octanol–water partition coefficient (Wildman–Crippen LogP) is 6.12. The van der Waals surface area contributed by atoms with Crippen LogP contribution in [0.5, 0.6) is 0 Å². The normalized spacial score (nSPS) is 12.7. The Bertz CT molecular complexity index is 282. The molecule has 0 N–H and O–H groups in total. The molecule has 0 aliphatic heterocycles. The van der Waals surface area contributed by atoms with Gasteiger partial charge < -0.3 is 8.85 Å². The number of thioether (sulfide) groups is 1. The van der Waals surface area contributed by atoms with Crippen molar-refractivity contribution in [2.75, 3.05) is 19.0 Å². The van der Waals surface area contributed by atoms with E-state index < -0.39 is 9.28 Å². The number of carbonyl (C=O) groups is 1. The molecule has 0 aromatic heterocycles. The van der Waals surface area contributed by atoms with Gasteiger partial charge >= 0.3 is 9.28 Å². The highest BCUT2D eigenvalue weighted by Crippen LogP contribution is 2.21. The van der Waals surface area contributed by atoms with E-state index in [2.05, 4.69) is 27.7 Å². The van der Waals surface area contributed by atoms with Crippen LogP contribution in [0.3, 0.4) is 0 Å². The molecule has 0 aromatic rings. The van der Waals surface area contributed by atoms with Gasteiger partial charge in [-0.3, -0.25) is 4.79 Å². The van der Waals surface area contributed by atoms with Gasteiger partial charge in [-0.1, -0.05) is 65.1 Å². The van der Waals surface area contributed by atoms with Gasteiger partial charge in [-0.05, 0) is 32.1 Å². The topological polar surface area (TPSA) is 35.5 Å². The van der Waals surface area contributed by atoms with Crippen molar-refractivity contribution >= 4 is 26.2 Å². The molecule has 143 valence electrons. The summed E-state index contributed by atoms with van der Waals surface area (Å²) in [6.45, 7) is 10.3. The molecule has 0 spiro atoms. The third-order valence-electron chi connectivity index (χ3n) is 3.83. The maximum absolute atomic E-state index is 11.9. The predicted molar refractivity (Wildman–Crippen MR) is 108 cm³/mol. The largest absolute Gasteiger partial charge is 0.393 e. The molecule has 5 heteroatoms. The molecule has 0 aromatic carbocycles. The summed E-state index contributed by atoms with van der Waals surface area (Å²) in [6, 6.07) is 0. The van der Waals surface area contributed by atoms with Crippen molar-refractivity contribution in [1.82, 2.24) is 0 Å². The summed E-state index contributed by atoms with van der Waals surface area (Å²) in [5.74, 6) is 0.939. The van der Waals surface area contributed by atoms with Gasteiger partial charge in [0.2, 0.25) is 0 Å². The van der Waals surface area contributed by atoms with Crippen LogP contribution in [0.2, 0.25) is 5.54 Å². The van der Waals surface area contributed by atoms with Gasteiger partial charge in [-0.25, -0.2) is 0 Å². The summed E-state index contributed by atoms with van der Waals surface area (Å²) in [7, 11) is -1.16. The molecule has 0 rings (SSSR count). The summed E-state index contributed by atoms with van der Waals surface area (Å²) < 4.78 is 11.8. The van der Waals surface area contributed by atoms with Crippen LogP contribution in [0.15, 0.2) is 0 Å². The smallest absolute Gasteiger partial charge is 0.387 e. The van der Waals surface area contributed by atoms with Gasteiger partial charge in [0.1, 0.15) is 0 Å². The van der Waals surface area contributed by atoms with Crippen LogP contribution < -0.4 is 0 Å². The van der Waals surface area contributed by atoms with Crippen molar-refractivity contribution in [3.8, 4) is 0 Å². The van der Waals surface area contributed by atoms with Crippen LogP contribution >= 0.6 is 11.8 Å². The van der Waals surface area contributed by atoms with Crippen molar-refractivity contribution in [2.24, 2.45) is 0 Å². The Morgan fingerprint density at radius 2 is 1.54 bits per heavy atom. The van der Waals surface area contributed by atoms with Gasteiger partial charge in [-0.2, -0.15) is 0 Å². The fraction of sp³-hybridized carbons (Fsp3) is 0.947. The molecule has 1 atom stereocenters. The molecule has 0 aliphatic rings. The Balaban J connectivity index is 3.75. The monoisotopic (exact) mass is 375 g/mol. The lowest BCUT2D eigenvalue weighted by molar-refractivity contribution is -0.111. The second-order valence-corrected chi connectivity index (χ2v) is 9.80. The molecule has 3 nitrogen and oxygen atoms in total. The van der Waals surface area contributed by atoms with E-state index >= 15 is 0 Å². The first-order chi connectivity index (χ1) is 11.7. The lowest BCUT2D eigenvalue weighted by Gasteiger charge is -2.20. The lowest BCUT2D eigenvalue weighted by atomic mass is 10.1. The Labute approximate surface area is 156 Å². The average molecular weight is 376 g/mol. The summed E-state index contributed by atoms with van der Waals surface area (Å²) in [6.07, 6.45) is 11.1. The number of unbranched alkanes of at least 4 members (excludes halogenated alkanes) is 4. The minimum atomic E-state index is -1.16. The van der Waals surface area contributed by atoms with Crippen LogP contribution in [-0.2, 0) is 13.6 Å². The molecule has 0 fully saturated rings. The summed E-state index contributed by atoms with van der Waals surface area (Å²) in [4.78, 5) is 11.9. The maximum Gasteiger partial charge on any atom is 0.387 e. The maximum atomic E-state index is 11.9. The zero-order valence-electron chi connectivity index (χ0n) is 16.4. The minimum Gasteiger partial charge on any atom is -0.393 e. The Morgan fingerprint density at radius 3 is 2.12 bits per heavy atom. The van der Waals surface area contributed by atoms with Gasteiger partial charge in [0.05, 0.1) is 0 Å². The Hall–Kier alpha value is 0.157. The molecule has 0 saturated heterocycles. The van der Waals surface area contributed by atoms with E-state index in [0.717, 1.165) is 57.5 Å². The van der Waals surface area contributed by atoms with E-state index in [1.165, 1.54) is 37.4 Å². The van der Waals surface area contributed by atoms with E-state index in [4.69, 9.17) is 8.85 Å². The highest BCUT2D eigenvalue weighted by atomic mass is 32.2. The quantitative estimate of drug-likeness (QED) is 0.227. The Kier molecular flexibility index (Phi) is 18.1. The second-order valence-electron chi connectivity index (χ2n) is 6.44. The van der Waals surface area contributed by atoms with Crippen LogP contribution in [0.25, 0.3) is 0 Å². The number of carbonyl (C=O) groups excluding carboxylic acids is 1. The Morgan fingerprint density at radius 1 is 0.917 bits per heavy atom. The van der Waals surface area contributed by atoms with Gasteiger partial charge in [0, 0.05) is 30.9 Å². The minimum absolute atomic E-state index is 0.370. The van der Waals surface area contributed by atoms with Crippen molar-refractivity contribution in [3.63, 3.8) is 0 Å². The van der Waals surface area contributed by atoms with Crippen LogP contribution in [0.4, 0.5) is 0 Å². The first-order valence-corrected chi connectivity index (χ1v) is 12.3. The molecule has 1 radical (unpaired) electrons. The number of hydrogen-bond acceptors (Lipinski definition) is 4. The average Bonchev–Trinajstić information content (AvgIpc) is 2.58. The van der Waals surface area contributed by atoms with Gasteiger partial charge in [0.25, 0.3) is 0 Å². The molecule has 0 aliphatic carbocycles. The fourth-order valence-corrected chi connectivity index (χ4v) is 5.10. The highest BCUT2D eigenvalue weighted by molar-refractivity contribution is 8.13.